The number of nitrogens with one attached hydrogen (secondary N) is 3. The molecule has 3 aromatic rings. The average Bonchev–Trinajstić information content (AvgIpc) is 3.12. The second-order valence-electron chi connectivity index (χ2n) is 8.49. The van der Waals surface area contributed by atoms with E-state index in [1.165, 1.54) is 11.3 Å². The Kier molecular flexibility index (Phi) is 7.10. The van der Waals surface area contributed by atoms with Crippen LogP contribution in [0, 0.1) is 12.3 Å². The quantitative estimate of drug-likeness (QED) is 0.482. The van der Waals surface area contributed by atoms with Gasteiger partial charge >= 0.3 is 0 Å². The third kappa shape index (κ3) is 5.82. The number of hydrogen-bond acceptors (Lipinski definition) is 4. The van der Waals surface area contributed by atoms with Crippen LogP contribution in [-0.2, 0) is 11.3 Å². The molecular formula is C25H27N3O3S. The number of para-hydroxylation sites is 1. The normalized spacial score (nSPS) is 11.0. The van der Waals surface area contributed by atoms with Crippen LogP contribution in [0.4, 0.5) is 10.7 Å². The lowest BCUT2D eigenvalue weighted by Crippen LogP contribution is -2.27. The highest BCUT2D eigenvalue weighted by molar-refractivity contribution is 7.18. The van der Waals surface area contributed by atoms with Crippen LogP contribution in [-0.4, -0.2) is 17.7 Å². The molecule has 0 aliphatic rings. The van der Waals surface area contributed by atoms with Crippen molar-refractivity contribution in [2.24, 2.45) is 5.41 Å². The minimum Gasteiger partial charge on any atom is -0.348 e. The first-order valence-electron chi connectivity index (χ1n) is 10.3. The fourth-order valence-electron chi connectivity index (χ4n) is 2.91. The van der Waals surface area contributed by atoms with Gasteiger partial charge in [-0.15, -0.1) is 11.3 Å². The highest BCUT2D eigenvalue weighted by Gasteiger charge is 2.23. The molecule has 0 saturated heterocycles. The van der Waals surface area contributed by atoms with Crippen LogP contribution in [0.15, 0.2) is 60.7 Å². The molecule has 0 unspecified atom stereocenters. The summed E-state index contributed by atoms with van der Waals surface area (Å²) in [5, 5.41) is 9.20. The number of aryl methyl sites for hydroxylation is 1. The second-order valence-corrected chi connectivity index (χ2v) is 9.55. The molecule has 0 radical (unpaired) electrons. The number of rotatable bonds is 6. The highest BCUT2D eigenvalue weighted by atomic mass is 32.1. The van der Waals surface area contributed by atoms with Gasteiger partial charge in [0.15, 0.2) is 0 Å². The molecule has 7 heteroatoms. The van der Waals surface area contributed by atoms with Gasteiger partial charge in [0, 0.05) is 12.0 Å². The van der Waals surface area contributed by atoms with Crippen molar-refractivity contribution in [1.82, 2.24) is 5.32 Å². The molecule has 166 valence electrons. The van der Waals surface area contributed by atoms with E-state index in [4.69, 9.17) is 0 Å². The van der Waals surface area contributed by atoms with Crippen LogP contribution in [0.2, 0.25) is 0 Å². The van der Waals surface area contributed by atoms with Gasteiger partial charge in [0.25, 0.3) is 11.8 Å². The first-order valence-corrected chi connectivity index (χ1v) is 11.1. The molecule has 0 atom stereocenters. The van der Waals surface area contributed by atoms with Crippen LogP contribution >= 0.6 is 11.3 Å². The summed E-state index contributed by atoms with van der Waals surface area (Å²) in [4.78, 5) is 38.4. The van der Waals surface area contributed by atoms with E-state index < -0.39 is 5.41 Å². The molecule has 1 heterocycles. The lowest BCUT2D eigenvalue weighted by molar-refractivity contribution is -0.123. The minimum atomic E-state index is -0.535. The Bertz CT molecular complexity index is 1130. The van der Waals surface area contributed by atoms with Crippen LogP contribution < -0.4 is 16.0 Å². The molecule has 32 heavy (non-hydrogen) atoms. The van der Waals surface area contributed by atoms with E-state index in [9.17, 15) is 14.4 Å². The number of benzene rings is 2. The zero-order chi connectivity index (χ0) is 23.3. The van der Waals surface area contributed by atoms with E-state index in [1.807, 2.05) is 58.0 Å². The van der Waals surface area contributed by atoms with E-state index in [2.05, 4.69) is 16.0 Å². The van der Waals surface area contributed by atoms with Crippen molar-refractivity contribution in [3.05, 3.63) is 82.2 Å². The molecule has 0 spiro atoms. The highest BCUT2D eigenvalue weighted by Crippen LogP contribution is 2.29. The first kappa shape index (κ1) is 23.2. The maximum atomic E-state index is 12.9. The Labute approximate surface area is 192 Å². The van der Waals surface area contributed by atoms with Crippen molar-refractivity contribution in [2.75, 3.05) is 10.6 Å². The van der Waals surface area contributed by atoms with Gasteiger partial charge in [-0.05, 0) is 36.2 Å². The van der Waals surface area contributed by atoms with Crippen molar-refractivity contribution in [3.63, 3.8) is 0 Å². The van der Waals surface area contributed by atoms with E-state index >= 15 is 0 Å². The maximum absolute atomic E-state index is 12.9. The van der Waals surface area contributed by atoms with Crippen molar-refractivity contribution in [1.29, 1.82) is 0 Å². The standard InChI is InChI=1S/C25H27N3O3S/c1-16-14-20(28-24(31)25(2,3)4)32-21(16)23(30)27-19-13-9-8-12-18(19)22(29)26-15-17-10-6-5-7-11-17/h5-14H,15H2,1-4H3,(H,26,29)(H,27,30)(H,28,31). The summed E-state index contributed by atoms with van der Waals surface area (Å²) in [5.74, 6) is -0.719. The van der Waals surface area contributed by atoms with E-state index in [0.717, 1.165) is 11.1 Å². The van der Waals surface area contributed by atoms with Crippen molar-refractivity contribution in [3.8, 4) is 0 Å². The Balaban J connectivity index is 1.72. The fraction of sp³-hybridized carbons (Fsp3) is 0.240. The summed E-state index contributed by atoms with van der Waals surface area (Å²) in [7, 11) is 0. The number of thiophene rings is 1. The van der Waals surface area contributed by atoms with E-state index in [-0.39, 0.29) is 17.7 Å². The molecular weight excluding hydrogens is 422 g/mol. The lowest BCUT2D eigenvalue weighted by atomic mass is 9.96. The van der Waals surface area contributed by atoms with Crippen LogP contribution in [0.25, 0.3) is 0 Å². The topological polar surface area (TPSA) is 87.3 Å². The Morgan fingerprint density at radius 1 is 0.875 bits per heavy atom. The molecule has 2 aromatic carbocycles. The molecule has 0 aliphatic carbocycles. The molecule has 3 amide bonds. The van der Waals surface area contributed by atoms with Gasteiger partial charge in [-0.1, -0.05) is 63.2 Å². The third-order valence-electron chi connectivity index (χ3n) is 4.76. The molecule has 3 rings (SSSR count). The zero-order valence-corrected chi connectivity index (χ0v) is 19.4. The maximum Gasteiger partial charge on any atom is 0.266 e. The number of amides is 3. The number of anilines is 2. The van der Waals surface area contributed by atoms with Gasteiger partial charge in [0.2, 0.25) is 5.91 Å². The van der Waals surface area contributed by atoms with Crippen LogP contribution in [0.3, 0.4) is 0 Å². The SMILES string of the molecule is Cc1cc(NC(=O)C(C)(C)C)sc1C(=O)Nc1ccccc1C(=O)NCc1ccccc1. The molecule has 0 aliphatic heterocycles. The van der Waals surface area contributed by atoms with Gasteiger partial charge in [0.05, 0.1) is 21.1 Å². The smallest absolute Gasteiger partial charge is 0.266 e. The summed E-state index contributed by atoms with van der Waals surface area (Å²) < 4.78 is 0. The predicted molar refractivity (Wildman–Crippen MR) is 129 cm³/mol. The number of hydrogen-bond donors (Lipinski definition) is 3. The Morgan fingerprint density at radius 2 is 1.53 bits per heavy atom. The summed E-state index contributed by atoms with van der Waals surface area (Å²) in [5.41, 5.74) is 2.01. The van der Waals surface area contributed by atoms with Crippen molar-refractivity contribution < 1.29 is 14.4 Å². The van der Waals surface area contributed by atoms with Gasteiger partial charge < -0.3 is 16.0 Å². The molecule has 3 N–H and O–H groups in total. The molecule has 1 aromatic heterocycles. The van der Waals surface area contributed by atoms with Gasteiger partial charge in [0.1, 0.15) is 0 Å². The molecule has 0 fully saturated rings. The lowest BCUT2D eigenvalue weighted by Gasteiger charge is -2.16. The van der Waals surface area contributed by atoms with Gasteiger partial charge in [-0.2, -0.15) is 0 Å². The summed E-state index contributed by atoms with van der Waals surface area (Å²) in [6.07, 6.45) is 0. The van der Waals surface area contributed by atoms with Crippen molar-refractivity contribution in [2.45, 2.75) is 34.2 Å². The van der Waals surface area contributed by atoms with Gasteiger partial charge in [-0.3, -0.25) is 14.4 Å². The second kappa shape index (κ2) is 9.78. The van der Waals surface area contributed by atoms with Crippen molar-refractivity contribution >= 4 is 39.7 Å². The third-order valence-corrected chi connectivity index (χ3v) is 5.91. The summed E-state index contributed by atoms with van der Waals surface area (Å²) >= 11 is 1.21. The van der Waals surface area contributed by atoms with E-state index in [1.54, 1.807) is 30.3 Å². The molecule has 6 nitrogen and oxygen atoms in total. The Morgan fingerprint density at radius 3 is 2.22 bits per heavy atom. The number of carbonyl (C=O) groups excluding carboxylic acids is 3. The Hall–Kier alpha value is -3.45. The predicted octanol–water partition coefficient (Wildman–Crippen LogP) is 5.22. The van der Waals surface area contributed by atoms with Crippen LogP contribution in [0.5, 0.6) is 0 Å². The zero-order valence-electron chi connectivity index (χ0n) is 18.6. The number of carbonyl (C=O) groups is 3. The van der Waals surface area contributed by atoms with E-state index in [0.29, 0.717) is 27.7 Å². The average molecular weight is 450 g/mol. The minimum absolute atomic E-state index is 0.119. The molecule has 0 bridgehead atoms. The summed E-state index contributed by atoms with van der Waals surface area (Å²) in [6.45, 7) is 7.70. The fourth-order valence-corrected chi connectivity index (χ4v) is 3.87. The summed E-state index contributed by atoms with van der Waals surface area (Å²) in [6, 6.07) is 18.3. The largest absolute Gasteiger partial charge is 0.348 e. The monoisotopic (exact) mass is 449 g/mol. The van der Waals surface area contributed by atoms with Crippen LogP contribution in [0.1, 0.15) is 51.9 Å². The first-order chi connectivity index (χ1) is 15.1. The molecule has 0 saturated carbocycles. The van der Waals surface area contributed by atoms with Gasteiger partial charge in [-0.25, -0.2) is 0 Å².